The molecular formula is C14H17N5O4. The summed E-state index contributed by atoms with van der Waals surface area (Å²) in [6.45, 7) is 2.07. The molecule has 23 heavy (non-hydrogen) atoms. The lowest BCUT2D eigenvalue weighted by atomic mass is 10.2. The fourth-order valence-electron chi connectivity index (χ4n) is 1.17. The average molecular weight is 319 g/mol. The summed E-state index contributed by atoms with van der Waals surface area (Å²) in [5.74, 6) is -1.28. The predicted octanol–water partition coefficient (Wildman–Crippen LogP) is 0.144. The minimum Gasteiger partial charge on any atom is -0.398 e. The first-order valence-corrected chi connectivity index (χ1v) is 6.41. The Bertz CT molecular complexity index is 607. The average Bonchev–Trinajstić information content (AvgIpc) is 2.54. The molecule has 1 aromatic rings. The van der Waals surface area contributed by atoms with E-state index in [1.807, 2.05) is 11.4 Å². The van der Waals surface area contributed by atoms with E-state index in [2.05, 4.69) is 15.3 Å². The Morgan fingerprint density at radius 3 is 2.30 bits per heavy atom. The van der Waals surface area contributed by atoms with Crippen molar-refractivity contribution in [2.45, 2.75) is 6.92 Å². The second-order valence-electron chi connectivity index (χ2n) is 3.78. The standard InChI is InChI=1S/C7H10N4O3.C7H7NO/c1-3-9-7(13)10-6(12)5(4-8)11-14-2;8-7(9)6-4-2-1-3-5-6/h3H2,1-2H3,(H2,9,10,12,13);1-5H,(H2,8,9)/b11-5+;. The number of benzene rings is 1. The summed E-state index contributed by atoms with van der Waals surface area (Å²) in [7, 11) is 1.19. The highest BCUT2D eigenvalue weighted by atomic mass is 16.6. The number of nitrogens with zero attached hydrogens (tertiary/aromatic N) is 2. The molecule has 0 heterocycles. The SMILES string of the molecule is CCNC(=O)NC(=O)/C(C#N)=N/OC.NC(=O)c1ccccc1. The van der Waals surface area contributed by atoms with Gasteiger partial charge >= 0.3 is 6.03 Å². The molecule has 0 spiro atoms. The van der Waals surface area contributed by atoms with E-state index in [9.17, 15) is 14.4 Å². The molecule has 4 amide bonds. The van der Waals surface area contributed by atoms with Gasteiger partial charge in [-0.05, 0) is 19.1 Å². The van der Waals surface area contributed by atoms with Crippen LogP contribution in [0.25, 0.3) is 0 Å². The lowest BCUT2D eigenvalue weighted by Crippen LogP contribution is -2.42. The first-order chi connectivity index (χ1) is 11.0. The van der Waals surface area contributed by atoms with Crippen LogP contribution >= 0.6 is 0 Å². The Morgan fingerprint density at radius 2 is 1.91 bits per heavy atom. The molecule has 0 unspecified atom stereocenters. The summed E-state index contributed by atoms with van der Waals surface area (Å²) >= 11 is 0. The van der Waals surface area contributed by atoms with E-state index < -0.39 is 17.6 Å². The normalized spacial score (nSPS) is 9.52. The minimum absolute atomic E-state index is 0.377. The third kappa shape index (κ3) is 8.46. The van der Waals surface area contributed by atoms with Gasteiger partial charge in [0.25, 0.3) is 5.91 Å². The van der Waals surface area contributed by atoms with Crippen molar-refractivity contribution in [2.24, 2.45) is 10.9 Å². The zero-order valence-corrected chi connectivity index (χ0v) is 12.7. The van der Waals surface area contributed by atoms with Crippen LogP contribution in [0.15, 0.2) is 35.5 Å². The van der Waals surface area contributed by atoms with Crippen molar-refractivity contribution in [3.63, 3.8) is 0 Å². The van der Waals surface area contributed by atoms with Crippen molar-refractivity contribution in [2.75, 3.05) is 13.7 Å². The number of oxime groups is 1. The highest BCUT2D eigenvalue weighted by molar-refractivity contribution is 6.46. The zero-order valence-electron chi connectivity index (χ0n) is 12.7. The van der Waals surface area contributed by atoms with Gasteiger partial charge in [-0.15, -0.1) is 0 Å². The van der Waals surface area contributed by atoms with Gasteiger partial charge in [0, 0.05) is 12.1 Å². The molecule has 0 bridgehead atoms. The number of carbonyl (C=O) groups excluding carboxylic acids is 3. The third-order valence-electron chi connectivity index (χ3n) is 2.13. The summed E-state index contributed by atoms with van der Waals surface area (Å²) in [4.78, 5) is 36.5. The van der Waals surface area contributed by atoms with Crippen molar-refractivity contribution in [1.29, 1.82) is 5.26 Å². The number of nitriles is 1. The van der Waals surface area contributed by atoms with E-state index in [1.165, 1.54) is 13.2 Å². The summed E-state index contributed by atoms with van der Waals surface area (Å²) in [6, 6.07) is 9.56. The monoisotopic (exact) mass is 319 g/mol. The Balaban J connectivity index is 0.000000459. The minimum atomic E-state index is -0.903. The lowest BCUT2D eigenvalue weighted by Gasteiger charge is -2.01. The van der Waals surface area contributed by atoms with Crippen molar-refractivity contribution >= 4 is 23.6 Å². The van der Waals surface area contributed by atoms with E-state index in [4.69, 9.17) is 11.0 Å². The molecule has 0 saturated heterocycles. The van der Waals surface area contributed by atoms with Crippen molar-refractivity contribution in [1.82, 2.24) is 10.6 Å². The highest BCUT2D eigenvalue weighted by Crippen LogP contribution is 1.94. The molecule has 9 heteroatoms. The largest absolute Gasteiger partial charge is 0.398 e. The fraction of sp³-hybridized carbons (Fsp3) is 0.214. The van der Waals surface area contributed by atoms with E-state index in [-0.39, 0.29) is 5.91 Å². The molecule has 1 rings (SSSR count). The fourth-order valence-corrected chi connectivity index (χ4v) is 1.17. The number of carbonyl (C=O) groups is 3. The van der Waals surface area contributed by atoms with Crippen LogP contribution in [0.4, 0.5) is 4.79 Å². The van der Waals surface area contributed by atoms with Gasteiger partial charge in [0.05, 0.1) is 0 Å². The number of urea groups is 1. The lowest BCUT2D eigenvalue weighted by molar-refractivity contribution is -0.113. The van der Waals surface area contributed by atoms with Gasteiger partial charge in [-0.1, -0.05) is 23.4 Å². The van der Waals surface area contributed by atoms with Crippen molar-refractivity contribution in [3.8, 4) is 6.07 Å². The molecular weight excluding hydrogens is 302 g/mol. The van der Waals surface area contributed by atoms with Gasteiger partial charge in [-0.25, -0.2) is 4.79 Å². The van der Waals surface area contributed by atoms with Crippen LogP contribution in [0.3, 0.4) is 0 Å². The van der Waals surface area contributed by atoms with Crippen LogP contribution in [-0.2, 0) is 9.63 Å². The molecule has 122 valence electrons. The molecule has 9 nitrogen and oxygen atoms in total. The van der Waals surface area contributed by atoms with E-state index in [0.717, 1.165) is 0 Å². The number of nitrogens with two attached hydrogens (primary N) is 1. The first kappa shape index (κ1) is 19.6. The summed E-state index contributed by atoms with van der Waals surface area (Å²) < 4.78 is 0. The number of hydrogen-bond acceptors (Lipinski definition) is 6. The molecule has 0 radical (unpaired) electrons. The van der Waals surface area contributed by atoms with Crippen LogP contribution in [0.5, 0.6) is 0 Å². The molecule has 0 aliphatic heterocycles. The quantitative estimate of drug-likeness (QED) is 0.533. The van der Waals surface area contributed by atoms with Gasteiger partial charge in [0.15, 0.2) is 0 Å². The van der Waals surface area contributed by atoms with Crippen LogP contribution in [-0.4, -0.2) is 37.2 Å². The maximum Gasteiger partial charge on any atom is 0.321 e. The molecule has 0 saturated carbocycles. The molecule has 0 atom stereocenters. The number of rotatable bonds is 4. The van der Waals surface area contributed by atoms with Gasteiger partial charge < -0.3 is 15.9 Å². The van der Waals surface area contributed by atoms with Crippen molar-refractivity contribution in [3.05, 3.63) is 35.9 Å². The molecule has 4 N–H and O–H groups in total. The van der Waals surface area contributed by atoms with Gasteiger partial charge in [-0.2, -0.15) is 5.26 Å². The topological polar surface area (TPSA) is 147 Å². The van der Waals surface area contributed by atoms with Crippen LogP contribution < -0.4 is 16.4 Å². The second kappa shape index (κ2) is 11.3. The van der Waals surface area contributed by atoms with Crippen LogP contribution in [0, 0.1) is 11.3 Å². The molecule has 0 aliphatic rings. The maximum atomic E-state index is 11.0. The maximum absolute atomic E-state index is 11.0. The number of imide groups is 1. The number of hydrogen-bond donors (Lipinski definition) is 3. The zero-order chi connectivity index (χ0) is 17.7. The van der Waals surface area contributed by atoms with Crippen LogP contribution in [0.2, 0.25) is 0 Å². The predicted molar refractivity (Wildman–Crippen MR) is 82.2 cm³/mol. The van der Waals surface area contributed by atoms with Gasteiger partial charge in [0.1, 0.15) is 13.2 Å². The Hall–Kier alpha value is -3.41. The number of primary amides is 1. The third-order valence-corrected chi connectivity index (χ3v) is 2.13. The molecule has 1 aromatic carbocycles. The molecule has 0 fully saturated rings. The second-order valence-corrected chi connectivity index (χ2v) is 3.78. The Morgan fingerprint density at radius 1 is 1.30 bits per heavy atom. The summed E-state index contributed by atoms with van der Waals surface area (Å²) in [5.41, 5.74) is 5.01. The van der Waals surface area contributed by atoms with Crippen LogP contribution in [0.1, 0.15) is 17.3 Å². The Labute approximate surface area is 133 Å². The first-order valence-electron chi connectivity index (χ1n) is 6.41. The summed E-state index contributed by atoms with van der Waals surface area (Å²) in [6.07, 6.45) is 0. The Kier molecular flexibility index (Phi) is 9.60. The summed E-state index contributed by atoms with van der Waals surface area (Å²) in [5, 5.41) is 15.8. The molecule has 0 aromatic heterocycles. The van der Waals surface area contributed by atoms with Crippen molar-refractivity contribution < 1.29 is 19.2 Å². The van der Waals surface area contributed by atoms with E-state index in [1.54, 1.807) is 31.2 Å². The van der Waals surface area contributed by atoms with Gasteiger partial charge in [0.2, 0.25) is 11.6 Å². The smallest absolute Gasteiger partial charge is 0.321 e. The van der Waals surface area contributed by atoms with E-state index >= 15 is 0 Å². The number of nitrogens with one attached hydrogen (secondary N) is 2. The molecule has 0 aliphatic carbocycles. The van der Waals surface area contributed by atoms with Gasteiger partial charge in [-0.3, -0.25) is 14.9 Å². The highest BCUT2D eigenvalue weighted by Gasteiger charge is 2.14. The number of amides is 4. The van der Waals surface area contributed by atoms with E-state index in [0.29, 0.717) is 12.1 Å².